The fourth-order valence-electron chi connectivity index (χ4n) is 1.37. The lowest BCUT2D eigenvalue weighted by Gasteiger charge is -1.96. The van der Waals surface area contributed by atoms with E-state index >= 15 is 0 Å². The van der Waals surface area contributed by atoms with Gasteiger partial charge in [-0.1, -0.05) is 0 Å². The largest absolute Gasteiger partial charge is 0.287 e. The van der Waals surface area contributed by atoms with Crippen molar-refractivity contribution in [1.29, 1.82) is 0 Å². The van der Waals surface area contributed by atoms with Crippen molar-refractivity contribution in [3.8, 4) is 0 Å². The molecule has 0 saturated carbocycles. The summed E-state index contributed by atoms with van der Waals surface area (Å²) < 4.78 is 1.85. The molecule has 0 atom stereocenters. The van der Waals surface area contributed by atoms with Gasteiger partial charge in [-0.3, -0.25) is 10.1 Å². The molecule has 1 aromatic heterocycles. The van der Waals surface area contributed by atoms with Gasteiger partial charge in [-0.25, -0.2) is 0 Å². The SMILES string of the molecule is Cc1cc([N+](=O)[O-])c2scc(I)c2c1. The van der Waals surface area contributed by atoms with E-state index in [-0.39, 0.29) is 10.6 Å². The quantitative estimate of drug-likeness (QED) is 0.457. The molecule has 0 aliphatic heterocycles. The highest BCUT2D eigenvalue weighted by atomic mass is 127. The third kappa shape index (κ3) is 1.50. The second-order valence-electron chi connectivity index (χ2n) is 3.00. The van der Waals surface area contributed by atoms with Gasteiger partial charge in [0.1, 0.15) is 4.70 Å². The van der Waals surface area contributed by atoms with E-state index in [4.69, 9.17) is 0 Å². The lowest BCUT2D eigenvalue weighted by molar-refractivity contribution is -0.382. The second-order valence-corrected chi connectivity index (χ2v) is 5.04. The monoisotopic (exact) mass is 319 g/mol. The topological polar surface area (TPSA) is 43.1 Å². The van der Waals surface area contributed by atoms with Crippen LogP contribution in [0.25, 0.3) is 10.1 Å². The molecule has 2 rings (SSSR count). The third-order valence-corrected chi connectivity index (χ3v) is 4.28. The maximum Gasteiger partial charge on any atom is 0.287 e. The molecule has 0 N–H and O–H groups in total. The number of nitro groups is 1. The van der Waals surface area contributed by atoms with E-state index < -0.39 is 0 Å². The third-order valence-electron chi connectivity index (χ3n) is 1.95. The lowest BCUT2D eigenvalue weighted by Crippen LogP contribution is -1.88. The highest BCUT2D eigenvalue weighted by Crippen LogP contribution is 2.35. The molecule has 0 amide bonds. The maximum atomic E-state index is 10.8. The number of thiophene rings is 1. The van der Waals surface area contributed by atoms with E-state index in [2.05, 4.69) is 22.6 Å². The standard InChI is InChI=1S/C9H6INO2S/c1-5-2-6-7(10)4-14-9(6)8(3-5)11(12)13/h2-4H,1H3. The number of nitro benzene ring substituents is 1. The van der Waals surface area contributed by atoms with E-state index in [0.717, 1.165) is 19.2 Å². The smallest absolute Gasteiger partial charge is 0.258 e. The Morgan fingerprint density at radius 2 is 2.21 bits per heavy atom. The van der Waals surface area contributed by atoms with Crippen molar-refractivity contribution in [2.75, 3.05) is 0 Å². The minimum absolute atomic E-state index is 0.216. The Kier molecular flexibility index (Phi) is 2.44. The predicted octanol–water partition coefficient (Wildman–Crippen LogP) is 3.72. The number of aryl methyl sites for hydroxylation is 1. The van der Waals surface area contributed by atoms with Gasteiger partial charge in [0, 0.05) is 20.4 Å². The van der Waals surface area contributed by atoms with Crippen LogP contribution in [0.4, 0.5) is 5.69 Å². The molecule has 5 heteroatoms. The fourth-order valence-corrected chi connectivity index (χ4v) is 3.25. The second kappa shape index (κ2) is 3.47. The molecule has 14 heavy (non-hydrogen) atoms. The van der Waals surface area contributed by atoms with E-state index in [1.54, 1.807) is 6.07 Å². The number of fused-ring (bicyclic) bond motifs is 1. The van der Waals surface area contributed by atoms with Crippen LogP contribution < -0.4 is 0 Å². The summed E-state index contributed by atoms with van der Waals surface area (Å²) in [7, 11) is 0. The van der Waals surface area contributed by atoms with E-state index in [0.29, 0.717) is 0 Å². The predicted molar refractivity (Wildman–Crippen MR) is 65.9 cm³/mol. The molecule has 0 saturated heterocycles. The summed E-state index contributed by atoms with van der Waals surface area (Å²) in [5.41, 5.74) is 1.15. The van der Waals surface area contributed by atoms with Crippen molar-refractivity contribution in [2.24, 2.45) is 0 Å². The van der Waals surface area contributed by atoms with Crippen molar-refractivity contribution in [1.82, 2.24) is 0 Å². The molecule has 0 radical (unpaired) electrons. The molecular formula is C9H6INO2S. The van der Waals surface area contributed by atoms with E-state index in [1.807, 2.05) is 18.4 Å². The van der Waals surface area contributed by atoms with Crippen LogP contribution in [0.1, 0.15) is 5.56 Å². The van der Waals surface area contributed by atoms with Crippen molar-refractivity contribution in [3.63, 3.8) is 0 Å². The molecule has 72 valence electrons. The lowest BCUT2D eigenvalue weighted by atomic mass is 10.1. The van der Waals surface area contributed by atoms with Gasteiger partial charge in [0.25, 0.3) is 5.69 Å². The Balaban J connectivity index is 2.88. The van der Waals surface area contributed by atoms with Gasteiger partial charge in [0.05, 0.1) is 4.92 Å². The first kappa shape index (κ1) is 9.85. The Hall–Kier alpha value is -0.690. The molecule has 0 fully saturated rings. The number of nitrogens with zero attached hydrogens (tertiary/aromatic N) is 1. The summed E-state index contributed by atoms with van der Waals surface area (Å²) in [6, 6.07) is 3.61. The number of halogens is 1. The van der Waals surface area contributed by atoms with Crippen LogP contribution in [0, 0.1) is 20.6 Å². The molecule has 1 heterocycles. The van der Waals surface area contributed by atoms with Gasteiger partial charge in [-0.2, -0.15) is 0 Å². The van der Waals surface area contributed by atoms with Crippen molar-refractivity contribution in [3.05, 3.63) is 36.8 Å². The molecule has 0 aliphatic rings. The minimum Gasteiger partial charge on any atom is -0.258 e. The van der Waals surface area contributed by atoms with Crippen molar-refractivity contribution >= 4 is 49.7 Å². The summed E-state index contributed by atoms with van der Waals surface area (Å²) in [6.07, 6.45) is 0. The summed E-state index contributed by atoms with van der Waals surface area (Å²) in [6.45, 7) is 1.88. The minimum atomic E-state index is -0.318. The highest BCUT2D eigenvalue weighted by molar-refractivity contribution is 14.1. The van der Waals surface area contributed by atoms with Gasteiger partial charge in [0.2, 0.25) is 0 Å². The summed E-state index contributed by atoms with van der Waals surface area (Å²) in [5, 5.41) is 13.7. The van der Waals surface area contributed by atoms with Gasteiger partial charge in [-0.05, 0) is 41.1 Å². The van der Waals surface area contributed by atoms with E-state index in [9.17, 15) is 10.1 Å². The maximum absolute atomic E-state index is 10.8. The number of benzene rings is 1. The molecule has 1 aromatic carbocycles. The Bertz CT molecular complexity index is 521. The molecule has 0 bridgehead atoms. The zero-order valence-corrected chi connectivity index (χ0v) is 10.3. The van der Waals surface area contributed by atoms with Crippen LogP contribution in [0.2, 0.25) is 0 Å². The highest BCUT2D eigenvalue weighted by Gasteiger charge is 2.15. The fraction of sp³-hybridized carbons (Fsp3) is 0.111. The number of hydrogen-bond donors (Lipinski definition) is 0. The number of hydrogen-bond acceptors (Lipinski definition) is 3. The van der Waals surface area contributed by atoms with Gasteiger partial charge >= 0.3 is 0 Å². The first-order valence-electron chi connectivity index (χ1n) is 3.91. The van der Waals surface area contributed by atoms with Gasteiger partial charge in [0.15, 0.2) is 0 Å². The molecule has 0 unspecified atom stereocenters. The summed E-state index contributed by atoms with van der Waals surface area (Å²) >= 11 is 3.63. The van der Waals surface area contributed by atoms with E-state index in [1.165, 1.54) is 11.3 Å². The zero-order valence-electron chi connectivity index (χ0n) is 7.28. The molecule has 0 spiro atoms. The average molecular weight is 319 g/mol. The van der Waals surface area contributed by atoms with Crippen LogP contribution in [-0.2, 0) is 0 Å². The van der Waals surface area contributed by atoms with Crippen LogP contribution in [0.5, 0.6) is 0 Å². The number of rotatable bonds is 1. The molecule has 3 nitrogen and oxygen atoms in total. The normalized spacial score (nSPS) is 10.7. The molecule has 0 aliphatic carbocycles. The van der Waals surface area contributed by atoms with Crippen LogP contribution in [0.15, 0.2) is 17.5 Å². The molecule has 2 aromatic rings. The Morgan fingerprint density at radius 1 is 1.50 bits per heavy atom. The Labute approximate surface area is 98.0 Å². The molecular weight excluding hydrogens is 313 g/mol. The first-order valence-corrected chi connectivity index (χ1v) is 5.87. The van der Waals surface area contributed by atoms with Crippen LogP contribution in [0.3, 0.4) is 0 Å². The zero-order chi connectivity index (χ0) is 10.3. The van der Waals surface area contributed by atoms with Gasteiger partial charge in [-0.15, -0.1) is 11.3 Å². The van der Waals surface area contributed by atoms with Crippen molar-refractivity contribution < 1.29 is 4.92 Å². The summed E-state index contributed by atoms with van der Waals surface area (Å²) in [4.78, 5) is 10.5. The van der Waals surface area contributed by atoms with Crippen LogP contribution in [-0.4, -0.2) is 4.92 Å². The van der Waals surface area contributed by atoms with Crippen LogP contribution >= 0.6 is 33.9 Å². The van der Waals surface area contributed by atoms with Gasteiger partial charge < -0.3 is 0 Å². The van der Waals surface area contributed by atoms with Crippen molar-refractivity contribution in [2.45, 2.75) is 6.92 Å². The summed E-state index contributed by atoms with van der Waals surface area (Å²) in [5.74, 6) is 0. The number of non-ortho nitro benzene ring substituents is 1. The average Bonchev–Trinajstić information content (AvgIpc) is 2.47. The first-order chi connectivity index (χ1) is 6.59. The Morgan fingerprint density at radius 3 is 2.86 bits per heavy atom.